The fourth-order valence-corrected chi connectivity index (χ4v) is 6.50. The number of hydrogen-bond donors (Lipinski definition) is 1. The molecule has 2 heterocycles. The zero-order valence-electron chi connectivity index (χ0n) is 15.1. The van der Waals surface area contributed by atoms with Crippen LogP contribution >= 0.6 is 23.5 Å². The van der Waals surface area contributed by atoms with Gasteiger partial charge in [-0.1, -0.05) is 26.2 Å². The molecular weight excluding hydrogens is 340 g/mol. The minimum absolute atomic E-state index is 0.315. The van der Waals surface area contributed by atoms with Gasteiger partial charge in [0.2, 0.25) is 0 Å². The van der Waals surface area contributed by atoms with Gasteiger partial charge in [0.15, 0.2) is 0 Å². The van der Waals surface area contributed by atoms with Gasteiger partial charge in [0.05, 0.1) is 12.2 Å². The minimum Gasteiger partial charge on any atom is -0.481 e. The largest absolute Gasteiger partial charge is 0.481 e. The topological polar surface area (TPSA) is 46.5 Å². The standard InChI is InChI=1S/C19H34O3S2/c1-2-3-4-6-11-23-13-15-16(18-10-9-17(15)22-18)14-24-12-7-5-8-19(20)21/h15-18H,2-14H2,1H3,(H,20,21)/t15-,16+,17-,18+/m1/s1. The molecule has 0 aromatic heterocycles. The van der Waals surface area contributed by atoms with E-state index in [0.29, 0.717) is 18.6 Å². The summed E-state index contributed by atoms with van der Waals surface area (Å²) in [5, 5.41) is 8.67. The van der Waals surface area contributed by atoms with Gasteiger partial charge in [-0.15, -0.1) is 0 Å². The number of ether oxygens (including phenoxy) is 1. The van der Waals surface area contributed by atoms with Gasteiger partial charge in [0.1, 0.15) is 0 Å². The summed E-state index contributed by atoms with van der Waals surface area (Å²) in [7, 11) is 0. The SMILES string of the molecule is CCCCCCSC[C@@H]1[C@H](CSCCCCC(=O)O)[C@@H]2CC[C@H]1O2. The van der Waals surface area contributed by atoms with Gasteiger partial charge in [0, 0.05) is 18.3 Å². The van der Waals surface area contributed by atoms with E-state index in [1.165, 1.54) is 55.8 Å². The van der Waals surface area contributed by atoms with Gasteiger partial charge >= 0.3 is 5.97 Å². The monoisotopic (exact) mass is 374 g/mol. The summed E-state index contributed by atoms with van der Waals surface area (Å²) in [6.07, 6.45) is 11.1. The third-order valence-corrected chi connectivity index (χ3v) is 7.68. The van der Waals surface area contributed by atoms with Crippen molar-refractivity contribution in [1.29, 1.82) is 0 Å². The number of aliphatic carboxylic acids is 1. The lowest BCUT2D eigenvalue weighted by Crippen LogP contribution is -2.31. The van der Waals surface area contributed by atoms with E-state index in [4.69, 9.17) is 9.84 Å². The van der Waals surface area contributed by atoms with Crippen LogP contribution in [-0.4, -0.2) is 46.3 Å². The van der Waals surface area contributed by atoms with Gasteiger partial charge in [-0.25, -0.2) is 0 Å². The molecule has 140 valence electrons. The van der Waals surface area contributed by atoms with Crippen molar-refractivity contribution in [3.05, 3.63) is 0 Å². The Bertz CT molecular complexity index is 365. The average molecular weight is 375 g/mol. The number of carboxylic acids is 1. The van der Waals surface area contributed by atoms with Crippen molar-refractivity contribution in [1.82, 2.24) is 0 Å². The molecule has 5 heteroatoms. The third-order valence-electron chi connectivity index (χ3n) is 5.28. The molecule has 0 aliphatic carbocycles. The quantitative estimate of drug-likeness (QED) is 0.430. The molecule has 2 saturated heterocycles. The molecule has 3 nitrogen and oxygen atoms in total. The van der Waals surface area contributed by atoms with Crippen molar-refractivity contribution in [2.75, 3.05) is 23.0 Å². The summed E-state index contributed by atoms with van der Waals surface area (Å²) in [6, 6.07) is 0. The third kappa shape index (κ3) is 6.80. The number of thioether (sulfide) groups is 2. The van der Waals surface area contributed by atoms with Gasteiger partial charge in [-0.2, -0.15) is 23.5 Å². The summed E-state index contributed by atoms with van der Waals surface area (Å²) in [5.41, 5.74) is 0. The van der Waals surface area contributed by atoms with Gasteiger partial charge in [0.25, 0.3) is 0 Å². The fraction of sp³-hybridized carbons (Fsp3) is 0.947. The summed E-state index contributed by atoms with van der Waals surface area (Å²) >= 11 is 4.15. The van der Waals surface area contributed by atoms with Crippen LogP contribution in [0.2, 0.25) is 0 Å². The van der Waals surface area contributed by atoms with E-state index in [1.807, 2.05) is 11.8 Å². The van der Waals surface area contributed by atoms with Gasteiger partial charge < -0.3 is 9.84 Å². The van der Waals surface area contributed by atoms with E-state index in [9.17, 15) is 4.79 Å². The smallest absolute Gasteiger partial charge is 0.303 e. The number of hydrogen-bond acceptors (Lipinski definition) is 4. The van der Waals surface area contributed by atoms with E-state index in [2.05, 4.69) is 18.7 Å². The maximum atomic E-state index is 10.5. The molecule has 2 aliphatic heterocycles. The Hall–Kier alpha value is 0.130. The normalized spacial score (nSPS) is 28.5. The molecule has 0 unspecified atom stereocenters. The lowest BCUT2D eigenvalue weighted by atomic mass is 9.81. The Kier molecular flexibility index (Phi) is 9.96. The molecule has 1 N–H and O–H groups in total. The fourth-order valence-electron chi connectivity index (χ4n) is 3.88. The van der Waals surface area contributed by atoms with Crippen molar-refractivity contribution in [2.45, 2.75) is 76.9 Å². The van der Waals surface area contributed by atoms with Crippen LogP contribution in [0.3, 0.4) is 0 Å². The average Bonchev–Trinajstić information content (AvgIpc) is 3.15. The predicted octanol–water partition coefficient (Wildman–Crippen LogP) is 5.08. The maximum absolute atomic E-state index is 10.5. The number of fused-ring (bicyclic) bond motifs is 2. The van der Waals surface area contributed by atoms with E-state index in [0.717, 1.165) is 30.4 Å². The van der Waals surface area contributed by atoms with Crippen molar-refractivity contribution in [2.24, 2.45) is 11.8 Å². The van der Waals surface area contributed by atoms with Gasteiger partial charge in [-0.05, 0) is 55.1 Å². The summed E-state index contributed by atoms with van der Waals surface area (Å²) in [5.74, 6) is 5.70. The molecule has 0 spiro atoms. The lowest BCUT2D eigenvalue weighted by molar-refractivity contribution is -0.137. The molecule has 2 bridgehead atoms. The van der Waals surface area contributed by atoms with Crippen LogP contribution in [0.4, 0.5) is 0 Å². The lowest BCUT2D eigenvalue weighted by Gasteiger charge is -2.27. The second kappa shape index (κ2) is 11.7. The van der Waals surface area contributed by atoms with Crippen molar-refractivity contribution < 1.29 is 14.6 Å². The Labute approximate surface area is 156 Å². The molecule has 2 aliphatic rings. The Morgan fingerprint density at radius 2 is 1.54 bits per heavy atom. The second-order valence-corrected chi connectivity index (χ2v) is 9.48. The first-order valence-electron chi connectivity index (χ1n) is 9.75. The molecule has 0 aromatic carbocycles. The molecule has 24 heavy (non-hydrogen) atoms. The zero-order chi connectivity index (χ0) is 17.2. The Morgan fingerprint density at radius 1 is 0.958 bits per heavy atom. The first-order chi connectivity index (χ1) is 11.7. The summed E-state index contributed by atoms with van der Waals surface area (Å²) < 4.78 is 6.20. The van der Waals surface area contributed by atoms with Crippen molar-refractivity contribution >= 4 is 29.5 Å². The van der Waals surface area contributed by atoms with Crippen LogP contribution < -0.4 is 0 Å². The van der Waals surface area contributed by atoms with E-state index >= 15 is 0 Å². The predicted molar refractivity (Wildman–Crippen MR) is 105 cm³/mol. The zero-order valence-corrected chi connectivity index (χ0v) is 16.7. The van der Waals surface area contributed by atoms with E-state index in [1.54, 1.807) is 0 Å². The van der Waals surface area contributed by atoms with Crippen LogP contribution in [0.1, 0.15) is 64.7 Å². The Morgan fingerprint density at radius 3 is 2.08 bits per heavy atom. The van der Waals surface area contributed by atoms with Crippen LogP contribution in [0, 0.1) is 11.8 Å². The maximum Gasteiger partial charge on any atom is 0.303 e. The number of carbonyl (C=O) groups is 1. The van der Waals surface area contributed by atoms with Crippen LogP contribution in [0.25, 0.3) is 0 Å². The van der Waals surface area contributed by atoms with Crippen LogP contribution in [0.15, 0.2) is 0 Å². The molecule has 4 atom stereocenters. The van der Waals surface area contributed by atoms with Crippen LogP contribution in [-0.2, 0) is 9.53 Å². The highest BCUT2D eigenvalue weighted by Gasteiger charge is 2.48. The molecular formula is C19H34O3S2. The highest BCUT2D eigenvalue weighted by molar-refractivity contribution is 7.99. The van der Waals surface area contributed by atoms with E-state index < -0.39 is 5.97 Å². The molecule has 0 aromatic rings. The van der Waals surface area contributed by atoms with Crippen molar-refractivity contribution in [3.8, 4) is 0 Å². The van der Waals surface area contributed by atoms with E-state index in [-0.39, 0.29) is 0 Å². The number of carboxylic acid groups (broad SMARTS) is 1. The second-order valence-electron chi connectivity index (χ2n) is 7.18. The summed E-state index contributed by atoms with van der Waals surface area (Å²) in [6.45, 7) is 2.27. The number of unbranched alkanes of at least 4 members (excludes halogenated alkanes) is 4. The minimum atomic E-state index is -0.669. The summed E-state index contributed by atoms with van der Waals surface area (Å²) in [4.78, 5) is 10.5. The van der Waals surface area contributed by atoms with Crippen molar-refractivity contribution in [3.63, 3.8) is 0 Å². The first kappa shape index (κ1) is 20.4. The molecule has 0 radical (unpaired) electrons. The van der Waals surface area contributed by atoms with Gasteiger partial charge in [-0.3, -0.25) is 4.79 Å². The van der Waals surface area contributed by atoms with Crippen LogP contribution in [0.5, 0.6) is 0 Å². The first-order valence-corrected chi connectivity index (χ1v) is 12.1. The molecule has 2 rings (SSSR count). The highest BCUT2D eigenvalue weighted by Crippen LogP contribution is 2.46. The Balaban J connectivity index is 1.59. The number of rotatable bonds is 14. The molecule has 2 fully saturated rings. The highest BCUT2D eigenvalue weighted by atomic mass is 32.2. The molecule has 0 saturated carbocycles. The molecule has 0 amide bonds.